The minimum absolute atomic E-state index is 0.310. The van der Waals surface area contributed by atoms with Crippen LogP contribution in [0.15, 0.2) is 34.9 Å². The molecule has 2 heterocycles. The smallest absolute Gasteiger partial charge is 0.178 e. The number of halogens is 2. The van der Waals surface area contributed by atoms with Crippen molar-refractivity contribution in [1.29, 1.82) is 0 Å². The predicted octanol–water partition coefficient (Wildman–Crippen LogP) is 4.35. The van der Waals surface area contributed by atoms with E-state index in [1.807, 2.05) is 23.6 Å². The van der Waals surface area contributed by atoms with Crippen LogP contribution in [0.4, 0.5) is 4.39 Å². The zero-order valence-corrected chi connectivity index (χ0v) is 13.1. The number of hydrogen-bond acceptors (Lipinski definition) is 2. The van der Waals surface area contributed by atoms with Gasteiger partial charge in [-0.15, -0.1) is 0 Å². The molecular weight excluding hydrogens is 341 g/mol. The summed E-state index contributed by atoms with van der Waals surface area (Å²) >= 11 is 8.53. The first-order chi connectivity index (χ1) is 9.56. The number of benzene rings is 1. The van der Waals surface area contributed by atoms with Crippen LogP contribution in [0.1, 0.15) is 11.3 Å². The first-order valence-electron chi connectivity index (χ1n) is 6.04. The van der Waals surface area contributed by atoms with Gasteiger partial charge < -0.3 is 9.55 Å². The Hall–Kier alpha value is -1.53. The molecule has 0 amide bonds. The van der Waals surface area contributed by atoms with Crippen molar-refractivity contribution in [2.24, 2.45) is 0 Å². The van der Waals surface area contributed by atoms with E-state index in [-0.39, 0.29) is 5.82 Å². The van der Waals surface area contributed by atoms with Gasteiger partial charge in [0.2, 0.25) is 0 Å². The Morgan fingerprint density at radius 1 is 1.45 bits per heavy atom. The van der Waals surface area contributed by atoms with Crippen LogP contribution in [0.3, 0.4) is 0 Å². The quantitative estimate of drug-likeness (QED) is 0.696. The molecule has 0 atom stereocenters. The third kappa shape index (κ3) is 2.29. The minimum Gasteiger partial charge on any atom is -0.330 e. The molecule has 6 heteroatoms. The molecule has 102 valence electrons. The van der Waals surface area contributed by atoms with E-state index >= 15 is 0 Å². The van der Waals surface area contributed by atoms with Crippen molar-refractivity contribution in [2.45, 2.75) is 13.5 Å². The van der Waals surface area contributed by atoms with Crippen LogP contribution in [-0.2, 0) is 6.54 Å². The molecule has 0 bridgehead atoms. The summed E-state index contributed by atoms with van der Waals surface area (Å²) in [5.41, 5.74) is 3.59. The molecule has 0 spiro atoms. The molecule has 0 saturated carbocycles. The summed E-state index contributed by atoms with van der Waals surface area (Å²) in [7, 11) is 0. The zero-order valence-electron chi connectivity index (χ0n) is 10.7. The fourth-order valence-electron chi connectivity index (χ4n) is 2.14. The Balaban J connectivity index is 2.17. The van der Waals surface area contributed by atoms with Gasteiger partial charge in [0.05, 0.1) is 27.7 Å². The molecule has 2 aromatic heterocycles. The van der Waals surface area contributed by atoms with Gasteiger partial charge in [-0.3, -0.25) is 4.98 Å². The normalized spacial score (nSPS) is 11.2. The molecule has 1 aromatic carbocycles. The number of fused-ring (bicyclic) bond motifs is 1. The number of hydrogen-bond donors (Lipinski definition) is 1. The third-order valence-corrected chi connectivity index (χ3v) is 4.17. The molecule has 0 aliphatic heterocycles. The van der Waals surface area contributed by atoms with Crippen molar-refractivity contribution in [3.8, 4) is 0 Å². The molecule has 0 saturated heterocycles. The van der Waals surface area contributed by atoms with Crippen molar-refractivity contribution >= 4 is 39.2 Å². The Morgan fingerprint density at radius 2 is 2.25 bits per heavy atom. The van der Waals surface area contributed by atoms with Gasteiger partial charge in [0.25, 0.3) is 0 Å². The monoisotopic (exact) mass is 351 g/mol. The van der Waals surface area contributed by atoms with E-state index in [4.69, 9.17) is 12.2 Å². The largest absolute Gasteiger partial charge is 0.330 e. The maximum absolute atomic E-state index is 13.6. The topological polar surface area (TPSA) is 33.6 Å². The average molecular weight is 352 g/mol. The van der Waals surface area contributed by atoms with E-state index in [2.05, 4.69) is 25.9 Å². The number of imidazole rings is 1. The lowest BCUT2D eigenvalue weighted by molar-refractivity contribution is 0.622. The summed E-state index contributed by atoms with van der Waals surface area (Å²) in [6.07, 6.45) is 1.76. The molecule has 0 aliphatic carbocycles. The summed E-state index contributed by atoms with van der Waals surface area (Å²) in [4.78, 5) is 7.40. The second-order valence-electron chi connectivity index (χ2n) is 4.57. The highest BCUT2D eigenvalue weighted by molar-refractivity contribution is 9.10. The second kappa shape index (κ2) is 5.10. The van der Waals surface area contributed by atoms with Crippen molar-refractivity contribution in [3.63, 3.8) is 0 Å². The molecule has 3 rings (SSSR count). The SMILES string of the molecule is Cc1cccnc1Cn1c(=S)[nH]c2cc(F)c(Br)cc21. The van der Waals surface area contributed by atoms with Crippen LogP contribution in [-0.4, -0.2) is 14.5 Å². The van der Waals surface area contributed by atoms with E-state index in [0.717, 1.165) is 16.8 Å². The fraction of sp³-hybridized carbons (Fsp3) is 0.143. The van der Waals surface area contributed by atoms with Gasteiger partial charge in [-0.1, -0.05) is 6.07 Å². The summed E-state index contributed by atoms with van der Waals surface area (Å²) in [5, 5.41) is 0. The van der Waals surface area contributed by atoms with Crippen LogP contribution in [0.5, 0.6) is 0 Å². The maximum Gasteiger partial charge on any atom is 0.178 e. The van der Waals surface area contributed by atoms with E-state index in [9.17, 15) is 4.39 Å². The van der Waals surface area contributed by atoms with Gasteiger partial charge >= 0.3 is 0 Å². The lowest BCUT2D eigenvalue weighted by Crippen LogP contribution is -2.03. The van der Waals surface area contributed by atoms with E-state index in [0.29, 0.717) is 21.3 Å². The van der Waals surface area contributed by atoms with Crippen molar-refractivity contribution in [1.82, 2.24) is 14.5 Å². The average Bonchev–Trinajstić information content (AvgIpc) is 2.69. The minimum atomic E-state index is -0.310. The van der Waals surface area contributed by atoms with Gasteiger partial charge in [0.15, 0.2) is 4.77 Å². The number of aromatic nitrogens is 3. The molecule has 0 radical (unpaired) electrons. The number of nitrogens with zero attached hydrogens (tertiary/aromatic N) is 2. The first-order valence-corrected chi connectivity index (χ1v) is 7.24. The van der Waals surface area contributed by atoms with E-state index < -0.39 is 0 Å². The highest BCUT2D eigenvalue weighted by Gasteiger charge is 2.10. The molecule has 0 fully saturated rings. The lowest BCUT2D eigenvalue weighted by Gasteiger charge is -2.07. The summed E-state index contributed by atoms with van der Waals surface area (Å²) < 4.78 is 16.5. The number of nitrogens with one attached hydrogen (secondary N) is 1. The number of pyridine rings is 1. The maximum atomic E-state index is 13.6. The molecule has 20 heavy (non-hydrogen) atoms. The number of aromatic amines is 1. The van der Waals surface area contributed by atoms with Crippen molar-refractivity contribution in [2.75, 3.05) is 0 Å². The molecule has 1 N–H and O–H groups in total. The van der Waals surface area contributed by atoms with Gasteiger partial charge in [-0.2, -0.15) is 0 Å². The summed E-state index contributed by atoms with van der Waals surface area (Å²) in [6.45, 7) is 2.57. The molecular formula is C14H11BrFN3S. The molecule has 3 nitrogen and oxygen atoms in total. The summed E-state index contributed by atoms with van der Waals surface area (Å²) in [5.74, 6) is -0.310. The van der Waals surface area contributed by atoms with E-state index in [1.54, 1.807) is 12.3 Å². The molecule has 0 aliphatic rings. The first kappa shape index (κ1) is 13.5. The van der Waals surface area contributed by atoms with Gasteiger partial charge in [-0.05, 0) is 52.8 Å². The number of H-pyrrole nitrogens is 1. The van der Waals surface area contributed by atoms with Crippen molar-refractivity contribution in [3.05, 3.63) is 56.8 Å². The highest BCUT2D eigenvalue weighted by Crippen LogP contribution is 2.24. The lowest BCUT2D eigenvalue weighted by atomic mass is 10.2. The molecule has 0 unspecified atom stereocenters. The van der Waals surface area contributed by atoms with Gasteiger partial charge in [0, 0.05) is 12.3 Å². The Kier molecular flexibility index (Phi) is 3.43. The van der Waals surface area contributed by atoms with Crippen molar-refractivity contribution < 1.29 is 4.39 Å². The number of rotatable bonds is 2. The van der Waals surface area contributed by atoms with Crippen LogP contribution in [0.2, 0.25) is 0 Å². The van der Waals surface area contributed by atoms with Crippen LogP contribution in [0, 0.1) is 17.5 Å². The summed E-state index contributed by atoms with van der Waals surface area (Å²) in [6, 6.07) is 7.09. The number of aryl methyl sites for hydroxylation is 1. The highest BCUT2D eigenvalue weighted by atomic mass is 79.9. The Morgan fingerprint density at radius 3 is 3.00 bits per heavy atom. The van der Waals surface area contributed by atoms with Gasteiger partial charge in [0.1, 0.15) is 5.82 Å². The standard InChI is InChI=1S/C14H11BrFN3S/c1-8-3-2-4-17-12(8)7-19-13-5-9(15)10(16)6-11(13)18-14(19)20/h2-6H,7H2,1H3,(H,18,20). The Bertz CT molecular complexity index is 853. The zero-order chi connectivity index (χ0) is 14.3. The Labute approximate surface area is 128 Å². The van der Waals surface area contributed by atoms with E-state index in [1.165, 1.54) is 6.07 Å². The van der Waals surface area contributed by atoms with Crippen LogP contribution in [0.25, 0.3) is 11.0 Å². The van der Waals surface area contributed by atoms with Crippen LogP contribution < -0.4 is 0 Å². The second-order valence-corrected chi connectivity index (χ2v) is 5.81. The van der Waals surface area contributed by atoms with Gasteiger partial charge in [-0.25, -0.2) is 4.39 Å². The fourth-order valence-corrected chi connectivity index (χ4v) is 2.75. The van der Waals surface area contributed by atoms with Crippen LogP contribution >= 0.6 is 28.1 Å². The molecule has 3 aromatic rings. The predicted molar refractivity (Wildman–Crippen MR) is 82.9 cm³/mol. The third-order valence-electron chi connectivity index (χ3n) is 3.24.